The molecular formula is C14H20N4O. The Morgan fingerprint density at radius 2 is 2.37 bits per heavy atom. The first-order chi connectivity index (χ1) is 9.34. The van der Waals surface area contributed by atoms with Crippen LogP contribution in [0.5, 0.6) is 0 Å². The minimum Gasteiger partial charge on any atom is -0.377 e. The molecule has 2 heterocycles. The van der Waals surface area contributed by atoms with Crippen LogP contribution in [0.15, 0.2) is 24.3 Å². The van der Waals surface area contributed by atoms with Gasteiger partial charge in [0.15, 0.2) is 0 Å². The third kappa shape index (κ3) is 2.77. The number of benzene rings is 1. The van der Waals surface area contributed by atoms with Crippen molar-refractivity contribution in [1.29, 1.82) is 0 Å². The number of rotatable bonds is 5. The zero-order valence-electron chi connectivity index (χ0n) is 11.2. The maximum absolute atomic E-state index is 5.68. The van der Waals surface area contributed by atoms with E-state index in [9.17, 15) is 0 Å². The summed E-state index contributed by atoms with van der Waals surface area (Å²) in [7, 11) is 0. The molecule has 0 amide bonds. The summed E-state index contributed by atoms with van der Waals surface area (Å²) in [6.45, 7) is 4.81. The van der Waals surface area contributed by atoms with Gasteiger partial charge in [0.2, 0.25) is 0 Å². The topological polar surface area (TPSA) is 52.0 Å². The summed E-state index contributed by atoms with van der Waals surface area (Å²) in [6, 6.07) is 8.45. The van der Waals surface area contributed by atoms with Crippen LogP contribution in [0.25, 0.3) is 11.0 Å². The Balaban J connectivity index is 1.54. The van der Waals surface area contributed by atoms with Crippen molar-refractivity contribution in [3.63, 3.8) is 0 Å². The molecule has 2 unspecified atom stereocenters. The number of ether oxygens (including phenoxy) is 1. The predicted molar refractivity (Wildman–Crippen MR) is 74.0 cm³/mol. The number of hydrogen-bond acceptors (Lipinski definition) is 4. The number of fused-ring (bicyclic) bond motifs is 1. The van der Waals surface area contributed by atoms with Crippen LogP contribution in [0.1, 0.15) is 19.8 Å². The second-order valence-electron chi connectivity index (χ2n) is 5.10. The maximum atomic E-state index is 5.68. The van der Waals surface area contributed by atoms with E-state index < -0.39 is 0 Å². The van der Waals surface area contributed by atoms with E-state index in [1.165, 1.54) is 12.8 Å². The van der Waals surface area contributed by atoms with Gasteiger partial charge in [0.05, 0.1) is 18.2 Å². The molecule has 1 fully saturated rings. The first kappa shape index (κ1) is 12.6. The minimum atomic E-state index is 0.368. The van der Waals surface area contributed by atoms with Crippen LogP contribution >= 0.6 is 0 Å². The molecule has 2 atom stereocenters. The summed E-state index contributed by atoms with van der Waals surface area (Å²) in [6.07, 6.45) is 2.72. The SMILES string of the molecule is CC(NCCn1nnc2ccccc21)C1CCCO1. The summed E-state index contributed by atoms with van der Waals surface area (Å²) < 4.78 is 7.62. The van der Waals surface area contributed by atoms with Gasteiger partial charge in [-0.25, -0.2) is 4.68 Å². The van der Waals surface area contributed by atoms with E-state index in [4.69, 9.17) is 4.74 Å². The molecular weight excluding hydrogens is 240 g/mol. The lowest BCUT2D eigenvalue weighted by Crippen LogP contribution is -2.38. The van der Waals surface area contributed by atoms with Crippen molar-refractivity contribution >= 4 is 11.0 Å². The van der Waals surface area contributed by atoms with Gasteiger partial charge in [0.1, 0.15) is 5.52 Å². The highest BCUT2D eigenvalue weighted by atomic mass is 16.5. The molecule has 2 aromatic rings. The summed E-state index contributed by atoms with van der Waals surface area (Å²) in [5, 5.41) is 11.9. The van der Waals surface area contributed by atoms with Gasteiger partial charge in [-0.1, -0.05) is 17.3 Å². The van der Waals surface area contributed by atoms with E-state index in [1.54, 1.807) is 0 Å². The van der Waals surface area contributed by atoms with Gasteiger partial charge in [-0.15, -0.1) is 5.10 Å². The summed E-state index contributed by atoms with van der Waals surface area (Å²) in [4.78, 5) is 0. The second-order valence-corrected chi connectivity index (χ2v) is 5.10. The summed E-state index contributed by atoms with van der Waals surface area (Å²) in [5.41, 5.74) is 2.05. The second kappa shape index (κ2) is 5.67. The van der Waals surface area contributed by atoms with Crippen LogP contribution in [-0.2, 0) is 11.3 Å². The van der Waals surface area contributed by atoms with Crippen molar-refractivity contribution in [3.05, 3.63) is 24.3 Å². The molecule has 0 saturated carbocycles. The Kier molecular flexibility index (Phi) is 3.75. The Morgan fingerprint density at radius 3 is 3.21 bits per heavy atom. The molecule has 5 nitrogen and oxygen atoms in total. The number of aromatic nitrogens is 3. The largest absolute Gasteiger partial charge is 0.377 e. The molecule has 102 valence electrons. The third-order valence-corrected chi connectivity index (χ3v) is 3.73. The molecule has 1 saturated heterocycles. The van der Waals surface area contributed by atoms with Crippen LogP contribution in [0.4, 0.5) is 0 Å². The first-order valence-electron chi connectivity index (χ1n) is 6.98. The van der Waals surface area contributed by atoms with Gasteiger partial charge in [-0.2, -0.15) is 0 Å². The average molecular weight is 260 g/mol. The van der Waals surface area contributed by atoms with Gasteiger partial charge in [0.25, 0.3) is 0 Å². The molecule has 1 aliphatic heterocycles. The number of nitrogens with zero attached hydrogens (tertiary/aromatic N) is 3. The van der Waals surface area contributed by atoms with Crippen molar-refractivity contribution in [2.24, 2.45) is 0 Å². The van der Waals surface area contributed by atoms with Crippen molar-refractivity contribution in [2.75, 3.05) is 13.2 Å². The average Bonchev–Trinajstić information content (AvgIpc) is 3.08. The van der Waals surface area contributed by atoms with Gasteiger partial charge < -0.3 is 10.1 Å². The molecule has 1 aromatic carbocycles. The highest BCUT2D eigenvalue weighted by Gasteiger charge is 2.21. The molecule has 0 bridgehead atoms. The van der Waals surface area contributed by atoms with E-state index in [1.807, 2.05) is 22.9 Å². The summed E-state index contributed by atoms with van der Waals surface area (Å²) in [5.74, 6) is 0. The Labute approximate surface area is 112 Å². The van der Waals surface area contributed by atoms with E-state index in [0.717, 1.165) is 30.7 Å². The number of hydrogen-bond donors (Lipinski definition) is 1. The number of nitrogens with one attached hydrogen (secondary N) is 1. The lowest BCUT2D eigenvalue weighted by Gasteiger charge is -2.19. The van der Waals surface area contributed by atoms with E-state index in [2.05, 4.69) is 28.6 Å². The highest BCUT2D eigenvalue weighted by molar-refractivity contribution is 5.73. The van der Waals surface area contributed by atoms with Gasteiger partial charge >= 0.3 is 0 Å². The zero-order valence-corrected chi connectivity index (χ0v) is 11.2. The van der Waals surface area contributed by atoms with E-state index in [0.29, 0.717) is 12.1 Å². The lowest BCUT2D eigenvalue weighted by atomic mass is 10.1. The van der Waals surface area contributed by atoms with Crippen LogP contribution in [0, 0.1) is 0 Å². The molecule has 1 aliphatic rings. The Hall–Kier alpha value is -1.46. The fraction of sp³-hybridized carbons (Fsp3) is 0.571. The van der Waals surface area contributed by atoms with Crippen molar-refractivity contribution in [2.45, 2.75) is 38.5 Å². The molecule has 1 aromatic heterocycles. The molecule has 3 rings (SSSR count). The fourth-order valence-electron chi connectivity index (χ4n) is 2.61. The monoisotopic (exact) mass is 260 g/mol. The first-order valence-corrected chi connectivity index (χ1v) is 6.98. The minimum absolute atomic E-state index is 0.368. The maximum Gasteiger partial charge on any atom is 0.113 e. The van der Waals surface area contributed by atoms with Gasteiger partial charge in [-0.05, 0) is 31.9 Å². The van der Waals surface area contributed by atoms with Crippen LogP contribution in [0.3, 0.4) is 0 Å². The smallest absolute Gasteiger partial charge is 0.113 e. The zero-order chi connectivity index (χ0) is 13.1. The fourth-order valence-corrected chi connectivity index (χ4v) is 2.61. The summed E-state index contributed by atoms with van der Waals surface area (Å²) >= 11 is 0. The quantitative estimate of drug-likeness (QED) is 0.887. The van der Waals surface area contributed by atoms with E-state index in [-0.39, 0.29) is 0 Å². The lowest BCUT2D eigenvalue weighted by molar-refractivity contribution is 0.0834. The van der Waals surface area contributed by atoms with Crippen molar-refractivity contribution in [1.82, 2.24) is 20.3 Å². The van der Waals surface area contributed by atoms with E-state index >= 15 is 0 Å². The van der Waals surface area contributed by atoms with Crippen LogP contribution < -0.4 is 5.32 Å². The Bertz CT molecular complexity index is 533. The molecule has 0 aliphatic carbocycles. The molecule has 5 heteroatoms. The standard InChI is InChI=1S/C14H20N4O/c1-11(14-7-4-10-19-14)15-8-9-18-13-6-3-2-5-12(13)16-17-18/h2-3,5-6,11,14-15H,4,7-10H2,1H3. The van der Waals surface area contributed by atoms with Crippen molar-refractivity contribution < 1.29 is 4.74 Å². The number of para-hydroxylation sites is 1. The predicted octanol–water partition coefficient (Wildman–Crippen LogP) is 1.59. The molecule has 0 radical (unpaired) electrons. The third-order valence-electron chi connectivity index (χ3n) is 3.73. The molecule has 19 heavy (non-hydrogen) atoms. The Morgan fingerprint density at radius 1 is 1.47 bits per heavy atom. The normalized spacial score (nSPS) is 21.0. The van der Waals surface area contributed by atoms with Crippen molar-refractivity contribution in [3.8, 4) is 0 Å². The molecule has 1 N–H and O–H groups in total. The van der Waals surface area contributed by atoms with Gasteiger partial charge in [-0.3, -0.25) is 0 Å². The molecule has 0 spiro atoms. The van der Waals surface area contributed by atoms with Crippen LogP contribution in [0.2, 0.25) is 0 Å². The highest BCUT2D eigenvalue weighted by Crippen LogP contribution is 2.15. The van der Waals surface area contributed by atoms with Crippen LogP contribution in [-0.4, -0.2) is 40.3 Å². The van der Waals surface area contributed by atoms with Gasteiger partial charge in [0, 0.05) is 19.2 Å².